The molecule has 0 aromatic rings. The standard InChI is InChI=1S/C4H10O.C3H7NO/c1-3-5-4-2;1-2-3(4)5/h3-4H2,1-2H3;2-3,5H,1,4H2. The van der Waals surface area contributed by atoms with Gasteiger partial charge in [0.15, 0.2) is 0 Å². The van der Waals surface area contributed by atoms with Gasteiger partial charge in [-0.3, -0.25) is 0 Å². The molecular formula is C7H17NO2. The zero-order valence-electron chi connectivity index (χ0n) is 6.71. The summed E-state index contributed by atoms with van der Waals surface area (Å²) in [6.45, 7) is 8.85. The molecule has 0 fully saturated rings. The van der Waals surface area contributed by atoms with E-state index in [0.717, 1.165) is 13.2 Å². The quantitative estimate of drug-likeness (QED) is 0.451. The SMILES string of the molecule is C=CC(N)O.CCOCC. The molecule has 10 heavy (non-hydrogen) atoms. The summed E-state index contributed by atoms with van der Waals surface area (Å²) in [6.07, 6.45) is 0.398. The summed E-state index contributed by atoms with van der Waals surface area (Å²) in [6, 6.07) is 0. The van der Waals surface area contributed by atoms with Gasteiger partial charge in [-0.05, 0) is 19.9 Å². The fourth-order valence-electron chi connectivity index (χ4n) is 0.204. The van der Waals surface area contributed by atoms with Gasteiger partial charge in [-0.25, -0.2) is 0 Å². The van der Waals surface area contributed by atoms with E-state index in [4.69, 9.17) is 15.6 Å². The molecule has 0 spiro atoms. The van der Waals surface area contributed by atoms with Crippen molar-refractivity contribution in [2.75, 3.05) is 13.2 Å². The highest BCUT2D eigenvalue weighted by atomic mass is 16.5. The Morgan fingerprint density at radius 3 is 1.90 bits per heavy atom. The molecule has 0 radical (unpaired) electrons. The number of ether oxygens (including phenoxy) is 1. The minimum absolute atomic E-state index is 0.844. The molecule has 3 nitrogen and oxygen atoms in total. The minimum Gasteiger partial charge on any atom is -0.382 e. The Hall–Kier alpha value is -0.380. The summed E-state index contributed by atoms with van der Waals surface area (Å²) in [4.78, 5) is 0. The van der Waals surface area contributed by atoms with E-state index in [2.05, 4.69) is 6.58 Å². The van der Waals surface area contributed by atoms with Crippen molar-refractivity contribution < 1.29 is 9.84 Å². The lowest BCUT2D eigenvalue weighted by molar-refractivity contribution is 0.162. The van der Waals surface area contributed by atoms with Crippen LogP contribution in [-0.2, 0) is 4.74 Å². The monoisotopic (exact) mass is 147 g/mol. The van der Waals surface area contributed by atoms with E-state index in [0.29, 0.717) is 0 Å². The molecule has 0 heterocycles. The highest BCUT2D eigenvalue weighted by Crippen LogP contribution is 1.64. The molecule has 0 aliphatic carbocycles. The second kappa shape index (κ2) is 11.4. The number of nitrogens with two attached hydrogens (primary N) is 1. The first-order chi connectivity index (χ1) is 4.68. The Labute approximate surface area is 62.5 Å². The minimum atomic E-state index is -0.852. The predicted molar refractivity (Wildman–Crippen MR) is 42.6 cm³/mol. The van der Waals surface area contributed by atoms with E-state index in [9.17, 15) is 0 Å². The van der Waals surface area contributed by atoms with Gasteiger partial charge in [-0.15, -0.1) is 0 Å². The molecule has 1 atom stereocenters. The lowest BCUT2D eigenvalue weighted by Gasteiger charge is -1.86. The van der Waals surface area contributed by atoms with E-state index in [1.165, 1.54) is 6.08 Å². The number of hydrogen-bond donors (Lipinski definition) is 2. The molecular weight excluding hydrogens is 130 g/mol. The highest BCUT2D eigenvalue weighted by molar-refractivity contribution is 4.70. The Morgan fingerprint density at radius 2 is 1.90 bits per heavy atom. The van der Waals surface area contributed by atoms with Crippen molar-refractivity contribution in [1.29, 1.82) is 0 Å². The molecule has 0 aromatic heterocycles. The molecule has 0 aromatic carbocycles. The van der Waals surface area contributed by atoms with Crippen LogP contribution in [0.25, 0.3) is 0 Å². The lowest BCUT2D eigenvalue weighted by Crippen LogP contribution is -2.13. The molecule has 0 amide bonds. The summed E-state index contributed by atoms with van der Waals surface area (Å²) in [5.41, 5.74) is 4.73. The molecule has 1 unspecified atom stereocenters. The molecule has 0 aliphatic rings. The number of rotatable bonds is 3. The predicted octanol–water partition coefficient (Wildman–Crippen LogP) is 0.492. The summed E-state index contributed by atoms with van der Waals surface area (Å²) < 4.78 is 4.83. The van der Waals surface area contributed by atoms with Gasteiger partial charge >= 0.3 is 0 Å². The average molecular weight is 147 g/mol. The summed E-state index contributed by atoms with van der Waals surface area (Å²) in [7, 11) is 0. The Kier molecular flexibility index (Phi) is 14.1. The van der Waals surface area contributed by atoms with Crippen LogP contribution in [-0.4, -0.2) is 24.5 Å². The van der Waals surface area contributed by atoms with Gasteiger partial charge in [0.2, 0.25) is 0 Å². The largest absolute Gasteiger partial charge is 0.382 e. The van der Waals surface area contributed by atoms with E-state index >= 15 is 0 Å². The van der Waals surface area contributed by atoms with Crippen molar-refractivity contribution in [3.05, 3.63) is 12.7 Å². The van der Waals surface area contributed by atoms with E-state index in [1.54, 1.807) is 0 Å². The molecule has 0 saturated heterocycles. The fraction of sp³-hybridized carbons (Fsp3) is 0.714. The van der Waals surface area contributed by atoms with Gasteiger partial charge in [0.1, 0.15) is 6.23 Å². The van der Waals surface area contributed by atoms with Gasteiger partial charge in [-0.1, -0.05) is 6.58 Å². The smallest absolute Gasteiger partial charge is 0.121 e. The zero-order valence-corrected chi connectivity index (χ0v) is 6.71. The maximum atomic E-state index is 8.02. The Morgan fingerprint density at radius 1 is 1.60 bits per heavy atom. The lowest BCUT2D eigenvalue weighted by atomic mass is 10.6. The van der Waals surface area contributed by atoms with Gasteiger partial charge in [0, 0.05) is 13.2 Å². The van der Waals surface area contributed by atoms with Crippen LogP contribution >= 0.6 is 0 Å². The number of aliphatic hydroxyl groups is 1. The Balaban J connectivity index is 0. The van der Waals surface area contributed by atoms with E-state index in [-0.39, 0.29) is 0 Å². The van der Waals surface area contributed by atoms with Crippen LogP contribution in [0.2, 0.25) is 0 Å². The summed E-state index contributed by atoms with van der Waals surface area (Å²) >= 11 is 0. The van der Waals surface area contributed by atoms with Gasteiger partial charge in [-0.2, -0.15) is 0 Å². The first-order valence-electron chi connectivity index (χ1n) is 3.32. The van der Waals surface area contributed by atoms with Gasteiger partial charge < -0.3 is 15.6 Å². The van der Waals surface area contributed by atoms with Crippen LogP contribution < -0.4 is 5.73 Å². The van der Waals surface area contributed by atoms with Crippen LogP contribution in [0.4, 0.5) is 0 Å². The maximum Gasteiger partial charge on any atom is 0.121 e. The molecule has 0 aliphatic heterocycles. The van der Waals surface area contributed by atoms with Crippen molar-refractivity contribution in [1.82, 2.24) is 0 Å². The number of hydrogen-bond acceptors (Lipinski definition) is 3. The van der Waals surface area contributed by atoms with E-state index < -0.39 is 6.23 Å². The highest BCUT2D eigenvalue weighted by Gasteiger charge is 1.74. The van der Waals surface area contributed by atoms with Crippen molar-refractivity contribution in [2.24, 2.45) is 5.73 Å². The van der Waals surface area contributed by atoms with Gasteiger partial charge in [0.25, 0.3) is 0 Å². The third-order valence-electron chi connectivity index (χ3n) is 0.650. The van der Waals surface area contributed by atoms with Crippen molar-refractivity contribution >= 4 is 0 Å². The van der Waals surface area contributed by atoms with Crippen LogP contribution in [0.1, 0.15) is 13.8 Å². The molecule has 3 N–H and O–H groups in total. The van der Waals surface area contributed by atoms with Crippen LogP contribution in [0.3, 0.4) is 0 Å². The first-order valence-corrected chi connectivity index (χ1v) is 3.32. The molecule has 0 bridgehead atoms. The van der Waals surface area contributed by atoms with E-state index in [1.807, 2.05) is 13.8 Å². The topological polar surface area (TPSA) is 55.5 Å². The normalized spacial score (nSPS) is 11.2. The molecule has 62 valence electrons. The second-order valence-electron chi connectivity index (χ2n) is 1.51. The average Bonchev–Trinajstić information content (AvgIpc) is 1.91. The number of aliphatic hydroxyl groups excluding tert-OH is 1. The summed E-state index contributed by atoms with van der Waals surface area (Å²) in [5, 5.41) is 8.02. The van der Waals surface area contributed by atoms with Crippen LogP contribution in [0, 0.1) is 0 Å². The first kappa shape index (κ1) is 12.3. The van der Waals surface area contributed by atoms with Crippen molar-refractivity contribution in [3.63, 3.8) is 0 Å². The van der Waals surface area contributed by atoms with Crippen molar-refractivity contribution in [3.8, 4) is 0 Å². The maximum absolute atomic E-state index is 8.02. The zero-order chi connectivity index (χ0) is 8.41. The third kappa shape index (κ3) is 25.5. The van der Waals surface area contributed by atoms with Crippen LogP contribution in [0.5, 0.6) is 0 Å². The fourth-order valence-corrected chi connectivity index (χ4v) is 0.204. The molecule has 0 saturated carbocycles. The van der Waals surface area contributed by atoms with Crippen molar-refractivity contribution in [2.45, 2.75) is 20.1 Å². The van der Waals surface area contributed by atoms with Gasteiger partial charge in [0.05, 0.1) is 0 Å². The molecule has 0 rings (SSSR count). The molecule has 3 heteroatoms. The Bertz CT molecular complexity index is 62.6. The second-order valence-corrected chi connectivity index (χ2v) is 1.51. The third-order valence-corrected chi connectivity index (χ3v) is 0.650. The summed E-state index contributed by atoms with van der Waals surface area (Å²) in [5.74, 6) is 0. The van der Waals surface area contributed by atoms with Crippen LogP contribution in [0.15, 0.2) is 12.7 Å².